The Morgan fingerprint density at radius 2 is 1.43 bits per heavy atom. The zero-order valence-electron chi connectivity index (χ0n) is 25.0. The summed E-state index contributed by atoms with van der Waals surface area (Å²) in [7, 11) is -4.28. The van der Waals surface area contributed by atoms with Crippen molar-refractivity contribution in [3.05, 3.63) is 132 Å². The van der Waals surface area contributed by atoms with E-state index in [1.54, 1.807) is 30.3 Å². The highest BCUT2D eigenvalue weighted by Gasteiger charge is 2.34. The Morgan fingerprint density at radius 1 is 0.818 bits per heavy atom. The number of carbonyl (C=O) groups is 2. The SMILES string of the molecule is CCCCNC(=O)[C@H](Cc1ccccc1)N(Cc1ccc(C)cc1)C(=O)CN(c1ccccc1)S(=O)(=O)c1ccc(F)cc1. The second-order valence-electron chi connectivity index (χ2n) is 10.7. The maximum atomic E-state index is 14.4. The third kappa shape index (κ3) is 8.54. The van der Waals surface area contributed by atoms with E-state index in [1.165, 1.54) is 17.0 Å². The van der Waals surface area contributed by atoms with Crippen LogP contribution in [0.1, 0.15) is 36.5 Å². The first-order valence-electron chi connectivity index (χ1n) is 14.7. The summed E-state index contributed by atoms with van der Waals surface area (Å²) in [5.41, 5.74) is 2.98. The van der Waals surface area contributed by atoms with Gasteiger partial charge >= 0.3 is 0 Å². The van der Waals surface area contributed by atoms with Crippen LogP contribution in [0, 0.1) is 12.7 Å². The highest BCUT2D eigenvalue weighted by Crippen LogP contribution is 2.25. The van der Waals surface area contributed by atoms with Crippen LogP contribution in [0.15, 0.2) is 114 Å². The fourth-order valence-electron chi connectivity index (χ4n) is 4.81. The zero-order chi connectivity index (χ0) is 31.5. The van der Waals surface area contributed by atoms with Crippen molar-refractivity contribution in [3.63, 3.8) is 0 Å². The molecule has 0 aliphatic heterocycles. The lowest BCUT2D eigenvalue weighted by atomic mass is 10.0. The van der Waals surface area contributed by atoms with Gasteiger partial charge in [-0.05, 0) is 60.9 Å². The lowest BCUT2D eigenvalue weighted by Gasteiger charge is -2.34. The third-order valence-corrected chi connectivity index (χ3v) is 9.09. The standard InChI is InChI=1S/C35H38FN3O4S/c1-3-4-23-37-35(41)33(24-28-11-7-5-8-12-28)38(25-29-17-15-27(2)16-18-29)34(40)26-39(31-13-9-6-10-14-31)44(42,43)32-21-19-30(36)20-22-32/h5-22,33H,3-4,23-26H2,1-2H3,(H,37,41)/t33-/m0/s1. The number of benzene rings is 4. The van der Waals surface area contributed by atoms with Crippen molar-refractivity contribution in [2.75, 3.05) is 17.4 Å². The summed E-state index contributed by atoms with van der Waals surface area (Å²) < 4.78 is 42.5. The van der Waals surface area contributed by atoms with Crippen molar-refractivity contribution < 1.29 is 22.4 Å². The van der Waals surface area contributed by atoms with Gasteiger partial charge in [0.25, 0.3) is 10.0 Å². The molecule has 0 aromatic heterocycles. The number of halogens is 1. The predicted octanol–water partition coefficient (Wildman–Crippen LogP) is 5.89. The van der Waals surface area contributed by atoms with Gasteiger partial charge in [0.05, 0.1) is 10.6 Å². The molecule has 0 saturated heterocycles. The van der Waals surface area contributed by atoms with Gasteiger partial charge in [-0.1, -0.05) is 91.7 Å². The van der Waals surface area contributed by atoms with E-state index in [0.29, 0.717) is 6.54 Å². The fourth-order valence-corrected chi connectivity index (χ4v) is 6.22. The number of amides is 2. The number of nitrogens with zero attached hydrogens (tertiary/aromatic N) is 2. The summed E-state index contributed by atoms with van der Waals surface area (Å²) >= 11 is 0. The van der Waals surface area contributed by atoms with Crippen LogP contribution in [-0.4, -0.2) is 44.3 Å². The number of hydrogen-bond donors (Lipinski definition) is 1. The van der Waals surface area contributed by atoms with Crippen LogP contribution in [0.25, 0.3) is 0 Å². The molecule has 0 bridgehead atoms. The summed E-state index contributed by atoms with van der Waals surface area (Å²) in [4.78, 5) is 29.4. The highest BCUT2D eigenvalue weighted by atomic mass is 32.2. The van der Waals surface area contributed by atoms with Gasteiger partial charge in [0.15, 0.2) is 0 Å². The molecule has 1 N–H and O–H groups in total. The predicted molar refractivity (Wildman–Crippen MR) is 171 cm³/mol. The summed E-state index contributed by atoms with van der Waals surface area (Å²) in [5.74, 6) is -1.43. The molecule has 0 radical (unpaired) electrons. The molecule has 4 rings (SSSR count). The molecule has 4 aromatic rings. The first kappa shape index (κ1) is 32.4. The van der Waals surface area contributed by atoms with Gasteiger partial charge < -0.3 is 10.2 Å². The minimum Gasteiger partial charge on any atom is -0.354 e. The minimum atomic E-state index is -4.28. The van der Waals surface area contributed by atoms with E-state index >= 15 is 0 Å². The molecule has 7 nitrogen and oxygen atoms in total. The van der Waals surface area contributed by atoms with Gasteiger partial charge in [-0.25, -0.2) is 12.8 Å². The van der Waals surface area contributed by atoms with E-state index in [2.05, 4.69) is 5.32 Å². The topological polar surface area (TPSA) is 86.8 Å². The first-order valence-corrected chi connectivity index (χ1v) is 16.1. The maximum Gasteiger partial charge on any atom is 0.264 e. The number of para-hydroxylation sites is 1. The molecule has 2 amide bonds. The molecule has 44 heavy (non-hydrogen) atoms. The third-order valence-electron chi connectivity index (χ3n) is 7.30. The van der Waals surface area contributed by atoms with Gasteiger partial charge in [-0.2, -0.15) is 0 Å². The van der Waals surface area contributed by atoms with Gasteiger partial charge in [-0.15, -0.1) is 0 Å². The zero-order valence-corrected chi connectivity index (χ0v) is 25.8. The normalized spacial score (nSPS) is 11.9. The molecule has 0 spiro atoms. The van der Waals surface area contributed by atoms with Crippen LogP contribution < -0.4 is 9.62 Å². The molecule has 9 heteroatoms. The summed E-state index contributed by atoms with van der Waals surface area (Å²) in [6.07, 6.45) is 1.92. The van der Waals surface area contributed by atoms with Crippen molar-refractivity contribution in [2.45, 2.75) is 50.6 Å². The molecule has 0 unspecified atom stereocenters. The summed E-state index contributed by atoms with van der Waals surface area (Å²) in [6.45, 7) is 3.98. The highest BCUT2D eigenvalue weighted by molar-refractivity contribution is 7.92. The van der Waals surface area contributed by atoms with E-state index in [-0.39, 0.29) is 29.5 Å². The molecular weight excluding hydrogens is 577 g/mol. The Bertz CT molecular complexity index is 1610. The van der Waals surface area contributed by atoms with Gasteiger partial charge in [-0.3, -0.25) is 13.9 Å². The van der Waals surface area contributed by atoms with Gasteiger partial charge in [0.1, 0.15) is 18.4 Å². The molecule has 0 fully saturated rings. The van der Waals surface area contributed by atoms with Crippen molar-refractivity contribution in [1.82, 2.24) is 10.2 Å². The van der Waals surface area contributed by atoms with E-state index < -0.39 is 34.3 Å². The smallest absolute Gasteiger partial charge is 0.264 e. The molecule has 1 atom stereocenters. The van der Waals surface area contributed by atoms with Crippen molar-refractivity contribution >= 4 is 27.5 Å². The van der Waals surface area contributed by atoms with Crippen LogP contribution >= 0.6 is 0 Å². The Kier molecular flexibility index (Phi) is 11.3. The number of anilines is 1. The molecule has 0 heterocycles. The number of rotatable bonds is 14. The van der Waals surface area contributed by atoms with Crippen molar-refractivity contribution in [2.24, 2.45) is 0 Å². The molecular formula is C35H38FN3O4S. The molecule has 4 aromatic carbocycles. The average molecular weight is 616 g/mol. The van der Waals surface area contributed by atoms with Crippen LogP contribution in [-0.2, 0) is 32.6 Å². The molecule has 0 saturated carbocycles. The fraction of sp³-hybridized carbons (Fsp3) is 0.257. The van der Waals surface area contributed by atoms with Crippen LogP contribution in [0.5, 0.6) is 0 Å². The second kappa shape index (κ2) is 15.3. The quantitative estimate of drug-likeness (QED) is 0.179. The molecule has 0 aliphatic rings. The largest absolute Gasteiger partial charge is 0.354 e. The average Bonchev–Trinajstić information content (AvgIpc) is 3.03. The number of unbranched alkanes of at least 4 members (excludes halogenated alkanes) is 1. The number of carbonyl (C=O) groups excluding carboxylic acids is 2. The van der Waals surface area contributed by atoms with Crippen LogP contribution in [0.4, 0.5) is 10.1 Å². The van der Waals surface area contributed by atoms with Gasteiger partial charge in [0.2, 0.25) is 11.8 Å². The number of sulfonamides is 1. The van der Waals surface area contributed by atoms with E-state index in [9.17, 15) is 22.4 Å². The lowest BCUT2D eigenvalue weighted by Crippen LogP contribution is -2.53. The molecule has 230 valence electrons. The number of nitrogens with one attached hydrogen (secondary N) is 1. The maximum absolute atomic E-state index is 14.4. The Hall–Kier alpha value is -4.50. The number of aryl methyl sites for hydroxylation is 1. The lowest BCUT2D eigenvalue weighted by molar-refractivity contribution is -0.140. The van der Waals surface area contributed by atoms with Crippen molar-refractivity contribution in [3.8, 4) is 0 Å². The van der Waals surface area contributed by atoms with E-state index in [4.69, 9.17) is 0 Å². The van der Waals surface area contributed by atoms with Crippen molar-refractivity contribution in [1.29, 1.82) is 0 Å². The number of hydrogen-bond acceptors (Lipinski definition) is 4. The summed E-state index contributed by atoms with van der Waals surface area (Å²) in [6, 6.07) is 29.0. The van der Waals surface area contributed by atoms with Crippen LogP contribution in [0.2, 0.25) is 0 Å². The summed E-state index contributed by atoms with van der Waals surface area (Å²) in [5, 5.41) is 2.98. The van der Waals surface area contributed by atoms with E-state index in [1.807, 2.05) is 68.4 Å². The second-order valence-corrected chi connectivity index (χ2v) is 12.5. The van der Waals surface area contributed by atoms with Gasteiger partial charge in [0, 0.05) is 19.5 Å². The molecule has 0 aliphatic carbocycles. The monoisotopic (exact) mass is 615 g/mol. The Labute approximate surface area is 259 Å². The Balaban J connectivity index is 1.76. The first-order chi connectivity index (χ1) is 21.2. The van der Waals surface area contributed by atoms with E-state index in [0.717, 1.165) is 46.0 Å². The minimum absolute atomic E-state index is 0.0943. The Morgan fingerprint density at radius 3 is 2.05 bits per heavy atom. The van der Waals surface area contributed by atoms with Crippen LogP contribution in [0.3, 0.4) is 0 Å².